The standard InChI is InChI=1S/C8H12N4O4/c9-6(14)1-8(2-16-3-8)12-7(15)11-4-10-5-13/h1-4H2,(H2,9,14)(H2,11,12,15). The summed E-state index contributed by atoms with van der Waals surface area (Å²) in [5, 5.41) is 4.85. The molecule has 3 amide bonds. The average molecular weight is 228 g/mol. The number of hydrogen-bond acceptors (Lipinski definition) is 5. The molecule has 0 unspecified atom stereocenters. The van der Waals surface area contributed by atoms with E-state index >= 15 is 0 Å². The highest BCUT2D eigenvalue weighted by molar-refractivity contribution is 5.79. The van der Waals surface area contributed by atoms with Crippen LogP contribution in [0.1, 0.15) is 6.42 Å². The lowest BCUT2D eigenvalue weighted by atomic mass is 9.93. The van der Waals surface area contributed by atoms with E-state index in [0.29, 0.717) is 0 Å². The molecule has 8 nitrogen and oxygen atoms in total. The molecule has 16 heavy (non-hydrogen) atoms. The molecule has 1 aliphatic rings. The molecule has 1 rings (SSSR count). The largest absolute Gasteiger partial charge is 0.376 e. The van der Waals surface area contributed by atoms with E-state index in [1.165, 1.54) is 6.08 Å². The predicted octanol–water partition coefficient (Wildman–Crippen LogP) is -1.78. The number of primary amides is 1. The molecule has 0 aromatic rings. The number of amides is 3. The first-order valence-electron chi connectivity index (χ1n) is 4.54. The van der Waals surface area contributed by atoms with E-state index < -0.39 is 17.5 Å². The van der Waals surface area contributed by atoms with Gasteiger partial charge in [-0.15, -0.1) is 0 Å². The van der Waals surface area contributed by atoms with Crippen molar-refractivity contribution in [3.05, 3.63) is 0 Å². The molecule has 0 aliphatic carbocycles. The van der Waals surface area contributed by atoms with Crippen molar-refractivity contribution in [2.75, 3.05) is 19.9 Å². The molecule has 1 saturated heterocycles. The van der Waals surface area contributed by atoms with Gasteiger partial charge < -0.3 is 21.1 Å². The number of carbonyl (C=O) groups excluding carboxylic acids is 3. The Morgan fingerprint density at radius 2 is 2.19 bits per heavy atom. The summed E-state index contributed by atoms with van der Waals surface area (Å²) in [7, 11) is 0. The molecule has 88 valence electrons. The molecule has 0 atom stereocenters. The maximum absolute atomic E-state index is 11.3. The SMILES string of the molecule is NC(=O)CC1(NC(=O)NCN=C=O)COC1. The zero-order chi connectivity index (χ0) is 12.0. The summed E-state index contributed by atoms with van der Waals surface area (Å²) in [4.78, 5) is 34.9. The summed E-state index contributed by atoms with van der Waals surface area (Å²) in [5.74, 6) is -0.519. The number of ether oxygens (including phenoxy) is 1. The molecule has 4 N–H and O–H groups in total. The van der Waals surface area contributed by atoms with Crippen molar-refractivity contribution in [1.82, 2.24) is 10.6 Å². The average Bonchev–Trinajstić information content (AvgIpc) is 2.14. The van der Waals surface area contributed by atoms with Crippen molar-refractivity contribution < 1.29 is 19.1 Å². The van der Waals surface area contributed by atoms with Gasteiger partial charge in [0.25, 0.3) is 0 Å². The second-order valence-corrected chi connectivity index (χ2v) is 3.45. The van der Waals surface area contributed by atoms with Crippen LogP contribution >= 0.6 is 0 Å². The number of nitrogens with one attached hydrogen (secondary N) is 2. The molecule has 8 heteroatoms. The van der Waals surface area contributed by atoms with Crippen LogP contribution < -0.4 is 16.4 Å². The maximum Gasteiger partial charge on any atom is 0.316 e. The van der Waals surface area contributed by atoms with Gasteiger partial charge in [-0.25, -0.2) is 9.59 Å². The third kappa shape index (κ3) is 3.34. The van der Waals surface area contributed by atoms with Crippen molar-refractivity contribution in [2.24, 2.45) is 10.7 Å². The van der Waals surface area contributed by atoms with E-state index in [2.05, 4.69) is 15.6 Å². The van der Waals surface area contributed by atoms with E-state index in [1.54, 1.807) is 0 Å². The number of nitrogens with zero attached hydrogens (tertiary/aromatic N) is 1. The Balaban J connectivity index is 2.40. The Labute approximate surface area is 91.2 Å². The molecule has 0 spiro atoms. The summed E-state index contributed by atoms with van der Waals surface area (Å²) in [6.07, 6.45) is 1.29. The van der Waals surface area contributed by atoms with Crippen LogP contribution in [0.2, 0.25) is 0 Å². The summed E-state index contributed by atoms with van der Waals surface area (Å²) in [5.41, 5.74) is 4.31. The summed E-state index contributed by atoms with van der Waals surface area (Å²) in [6.45, 7) is 0.309. The lowest BCUT2D eigenvalue weighted by Crippen LogP contribution is -2.65. The minimum absolute atomic E-state index is 0.0113. The zero-order valence-electron chi connectivity index (χ0n) is 8.49. The minimum Gasteiger partial charge on any atom is -0.376 e. The van der Waals surface area contributed by atoms with E-state index in [1.807, 2.05) is 0 Å². The van der Waals surface area contributed by atoms with Crippen LogP contribution in [0.3, 0.4) is 0 Å². The molecule has 0 aromatic heterocycles. The molecule has 0 aromatic carbocycles. The van der Waals surface area contributed by atoms with Crippen LogP contribution in [-0.2, 0) is 14.3 Å². The van der Waals surface area contributed by atoms with Crippen molar-refractivity contribution in [2.45, 2.75) is 12.0 Å². The van der Waals surface area contributed by atoms with Crippen LogP contribution in [0.15, 0.2) is 4.99 Å². The van der Waals surface area contributed by atoms with Gasteiger partial charge in [-0.3, -0.25) is 4.79 Å². The Kier molecular flexibility index (Phi) is 3.98. The molecule has 1 aliphatic heterocycles. The number of rotatable bonds is 5. The summed E-state index contributed by atoms with van der Waals surface area (Å²) < 4.78 is 4.93. The lowest BCUT2D eigenvalue weighted by Gasteiger charge is -2.41. The zero-order valence-corrected chi connectivity index (χ0v) is 8.49. The Hall–Kier alpha value is -1.92. The van der Waals surface area contributed by atoms with Crippen molar-refractivity contribution in [3.8, 4) is 0 Å². The van der Waals surface area contributed by atoms with Gasteiger partial charge >= 0.3 is 6.03 Å². The van der Waals surface area contributed by atoms with E-state index in [-0.39, 0.29) is 26.3 Å². The normalized spacial score (nSPS) is 16.5. The van der Waals surface area contributed by atoms with Crippen molar-refractivity contribution in [1.29, 1.82) is 0 Å². The van der Waals surface area contributed by atoms with Gasteiger partial charge in [0, 0.05) is 0 Å². The van der Waals surface area contributed by atoms with Gasteiger partial charge in [0.1, 0.15) is 6.67 Å². The fourth-order valence-corrected chi connectivity index (χ4v) is 1.33. The topological polar surface area (TPSA) is 123 Å². The van der Waals surface area contributed by atoms with E-state index in [0.717, 1.165) is 0 Å². The van der Waals surface area contributed by atoms with Gasteiger partial charge in [-0.05, 0) is 0 Å². The molecule has 1 heterocycles. The molecule has 1 fully saturated rings. The van der Waals surface area contributed by atoms with Gasteiger partial charge in [0.15, 0.2) is 0 Å². The minimum atomic E-state index is -0.735. The van der Waals surface area contributed by atoms with Crippen molar-refractivity contribution in [3.63, 3.8) is 0 Å². The summed E-state index contributed by atoms with van der Waals surface area (Å²) in [6, 6.07) is -0.538. The number of urea groups is 1. The van der Waals surface area contributed by atoms with Crippen LogP contribution in [0, 0.1) is 0 Å². The first kappa shape index (κ1) is 12.2. The number of carbonyl (C=O) groups is 2. The second-order valence-electron chi connectivity index (χ2n) is 3.45. The van der Waals surface area contributed by atoms with Crippen LogP contribution in [0.5, 0.6) is 0 Å². The smallest absolute Gasteiger partial charge is 0.316 e. The number of hydrogen-bond donors (Lipinski definition) is 3. The fraction of sp³-hybridized carbons (Fsp3) is 0.625. The van der Waals surface area contributed by atoms with Gasteiger partial charge in [-0.1, -0.05) is 0 Å². The summed E-state index contributed by atoms with van der Waals surface area (Å²) >= 11 is 0. The van der Waals surface area contributed by atoms with Gasteiger partial charge in [-0.2, -0.15) is 4.99 Å². The Morgan fingerprint density at radius 3 is 2.62 bits per heavy atom. The first-order valence-corrected chi connectivity index (χ1v) is 4.54. The molecular formula is C8H12N4O4. The monoisotopic (exact) mass is 228 g/mol. The quantitative estimate of drug-likeness (QED) is 0.380. The second kappa shape index (κ2) is 5.24. The predicted molar refractivity (Wildman–Crippen MR) is 52.0 cm³/mol. The Bertz CT molecular complexity index is 333. The van der Waals surface area contributed by atoms with Gasteiger partial charge in [0.05, 0.1) is 25.2 Å². The van der Waals surface area contributed by atoms with Crippen LogP contribution in [-0.4, -0.2) is 43.4 Å². The molecule has 0 bridgehead atoms. The number of nitrogens with two attached hydrogens (primary N) is 1. The highest BCUT2D eigenvalue weighted by Crippen LogP contribution is 2.20. The molecule has 0 radical (unpaired) electrons. The number of isocyanates is 1. The maximum atomic E-state index is 11.3. The third-order valence-corrected chi connectivity index (χ3v) is 2.03. The highest BCUT2D eigenvalue weighted by Gasteiger charge is 2.41. The lowest BCUT2D eigenvalue weighted by molar-refractivity contribution is -0.127. The first-order chi connectivity index (χ1) is 7.58. The van der Waals surface area contributed by atoms with Crippen LogP contribution in [0.4, 0.5) is 4.79 Å². The number of aliphatic imine (C=N–C) groups is 1. The van der Waals surface area contributed by atoms with E-state index in [4.69, 9.17) is 10.5 Å². The molecular weight excluding hydrogens is 216 g/mol. The van der Waals surface area contributed by atoms with Crippen LogP contribution in [0.25, 0.3) is 0 Å². The fourth-order valence-electron chi connectivity index (χ4n) is 1.33. The molecule has 0 saturated carbocycles. The third-order valence-electron chi connectivity index (χ3n) is 2.03. The van der Waals surface area contributed by atoms with Gasteiger partial charge in [0.2, 0.25) is 12.0 Å². The van der Waals surface area contributed by atoms with E-state index in [9.17, 15) is 14.4 Å². The Morgan fingerprint density at radius 1 is 1.50 bits per heavy atom. The van der Waals surface area contributed by atoms with Crippen molar-refractivity contribution >= 4 is 18.0 Å². The highest BCUT2D eigenvalue weighted by atomic mass is 16.5.